The molecule has 0 unspecified atom stereocenters. The molecule has 1 aliphatic rings. The average molecular weight is 489 g/mol. The Morgan fingerprint density at radius 2 is 2.03 bits per heavy atom. The molecule has 4 rings (SSSR count). The van der Waals surface area contributed by atoms with Crippen LogP contribution in [0.3, 0.4) is 0 Å². The third-order valence-corrected chi connectivity index (χ3v) is 5.59. The van der Waals surface area contributed by atoms with Crippen LogP contribution in [0.4, 0.5) is 20.3 Å². The number of pyridine rings is 1. The summed E-state index contributed by atoms with van der Waals surface area (Å²) >= 11 is 4.77. The van der Waals surface area contributed by atoms with E-state index in [4.69, 9.17) is 11.6 Å². The summed E-state index contributed by atoms with van der Waals surface area (Å²) in [5.41, 5.74) is -1.78. The molecular formula is C23H23ClF2N6O2. The summed E-state index contributed by atoms with van der Waals surface area (Å²) in [5.74, 6) is 0.202. The topological polar surface area (TPSA) is 83.5 Å². The van der Waals surface area contributed by atoms with Crippen molar-refractivity contribution in [1.82, 2.24) is 20.1 Å². The first-order valence-corrected chi connectivity index (χ1v) is 10.9. The molecule has 0 radical (unpaired) electrons. The van der Waals surface area contributed by atoms with Crippen LogP contribution in [0.5, 0.6) is 5.75 Å². The van der Waals surface area contributed by atoms with Crippen molar-refractivity contribution in [2.24, 2.45) is 0 Å². The standard InChI is InChI=1S/C23H23ClF2N6O2/c1-31(2)17-9-11-32(14-17)21-19(20-4-3-10-28-30-20)12-15(13-27-21)22(33)29-16-5-7-18(8-6-16)34-23(24,25)26/h3-8,10,12-13,17H,9,11,14H2,1-2H3,(H,29,33)/t17-/m1/s1. The Bertz CT molecular complexity index is 1140. The van der Waals surface area contributed by atoms with Crippen LogP contribution in [0.2, 0.25) is 0 Å². The van der Waals surface area contributed by atoms with Crippen molar-refractivity contribution in [3.8, 4) is 17.0 Å². The molecule has 178 valence electrons. The number of halogens is 3. The fraction of sp³-hybridized carbons (Fsp3) is 0.304. The van der Waals surface area contributed by atoms with E-state index in [2.05, 4.69) is 49.1 Å². The van der Waals surface area contributed by atoms with Gasteiger partial charge in [-0.3, -0.25) is 4.79 Å². The maximum Gasteiger partial charge on any atom is 0.487 e. The van der Waals surface area contributed by atoms with Gasteiger partial charge in [0.05, 0.1) is 11.3 Å². The van der Waals surface area contributed by atoms with E-state index >= 15 is 0 Å². The van der Waals surface area contributed by atoms with Gasteiger partial charge in [-0.05, 0) is 63.0 Å². The molecule has 1 aromatic carbocycles. The minimum absolute atomic E-state index is 0.129. The first-order chi connectivity index (χ1) is 16.2. The molecule has 34 heavy (non-hydrogen) atoms. The minimum Gasteiger partial charge on any atom is -0.420 e. The molecule has 1 amide bonds. The molecule has 1 fully saturated rings. The maximum atomic E-state index is 12.9. The number of likely N-dealkylation sites (N-methyl/N-ethyl adjacent to an activating group) is 1. The number of hydrogen-bond acceptors (Lipinski definition) is 7. The number of aromatic nitrogens is 3. The van der Waals surface area contributed by atoms with Gasteiger partial charge < -0.3 is 19.9 Å². The number of amides is 1. The Kier molecular flexibility index (Phi) is 6.90. The lowest BCUT2D eigenvalue weighted by Crippen LogP contribution is -2.32. The second-order valence-electron chi connectivity index (χ2n) is 8.08. The first-order valence-electron chi connectivity index (χ1n) is 10.6. The highest BCUT2D eigenvalue weighted by atomic mass is 35.5. The Labute approximate surface area is 200 Å². The van der Waals surface area contributed by atoms with Gasteiger partial charge in [0.15, 0.2) is 0 Å². The molecule has 1 N–H and O–H groups in total. The molecule has 0 spiro atoms. The number of nitrogens with one attached hydrogen (secondary N) is 1. The average Bonchev–Trinajstić information content (AvgIpc) is 3.30. The zero-order chi connectivity index (χ0) is 24.3. The van der Waals surface area contributed by atoms with Crippen LogP contribution in [0.25, 0.3) is 11.3 Å². The van der Waals surface area contributed by atoms with Crippen molar-refractivity contribution in [3.63, 3.8) is 0 Å². The van der Waals surface area contributed by atoms with Crippen LogP contribution in [-0.2, 0) is 0 Å². The lowest BCUT2D eigenvalue weighted by molar-refractivity contribution is -0.0964. The summed E-state index contributed by atoms with van der Waals surface area (Å²) in [7, 11) is 4.11. The number of anilines is 2. The molecule has 8 nitrogen and oxygen atoms in total. The van der Waals surface area contributed by atoms with E-state index in [1.165, 1.54) is 30.5 Å². The predicted molar refractivity (Wildman–Crippen MR) is 125 cm³/mol. The zero-order valence-corrected chi connectivity index (χ0v) is 19.3. The van der Waals surface area contributed by atoms with Gasteiger partial charge in [0, 0.05) is 54.4 Å². The largest absolute Gasteiger partial charge is 0.487 e. The fourth-order valence-electron chi connectivity index (χ4n) is 3.77. The number of benzene rings is 1. The maximum absolute atomic E-state index is 12.9. The van der Waals surface area contributed by atoms with E-state index < -0.39 is 11.5 Å². The monoisotopic (exact) mass is 488 g/mol. The van der Waals surface area contributed by atoms with Crippen LogP contribution >= 0.6 is 11.6 Å². The number of ether oxygens (including phenoxy) is 1. The van der Waals surface area contributed by atoms with Gasteiger partial charge in [0.1, 0.15) is 11.6 Å². The van der Waals surface area contributed by atoms with E-state index in [-0.39, 0.29) is 5.75 Å². The molecule has 1 atom stereocenters. The first kappa shape index (κ1) is 23.8. The van der Waals surface area contributed by atoms with Gasteiger partial charge in [0.2, 0.25) is 0 Å². The number of rotatable bonds is 7. The molecule has 1 saturated heterocycles. The summed E-state index contributed by atoms with van der Waals surface area (Å²) in [6.45, 7) is 1.65. The highest BCUT2D eigenvalue weighted by molar-refractivity contribution is 6.20. The molecule has 1 aliphatic heterocycles. The van der Waals surface area contributed by atoms with Gasteiger partial charge in [-0.15, -0.1) is 8.78 Å². The molecule has 2 aromatic heterocycles. The van der Waals surface area contributed by atoms with E-state index in [1.807, 2.05) is 6.07 Å². The molecule has 0 saturated carbocycles. The van der Waals surface area contributed by atoms with E-state index in [1.54, 1.807) is 18.3 Å². The number of hydrogen-bond donors (Lipinski definition) is 1. The van der Waals surface area contributed by atoms with E-state index in [9.17, 15) is 13.6 Å². The number of alkyl halides is 3. The highest BCUT2D eigenvalue weighted by Crippen LogP contribution is 2.32. The van der Waals surface area contributed by atoms with Crippen LogP contribution in [0.1, 0.15) is 16.8 Å². The summed E-state index contributed by atoms with van der Waals surface area (Å²) in [6.07, 6.45) is 4.10. The van der Waals surface area contributed by atoms with Gasteiger partial charge in [0.25, 0.3) is 5.91 Å². The van der Waals surface area contributed by atoms with Gasteiger partial charge in [-0.1, -0.05) is 0 Å². The number of carbonyl (C=O) groups excluding carboxylic acids is 1. The second-order valence-corrected chi connectivity index (χ2v) is 8.52. The SMILES string of the molecule is CN(C)[C@@H]1CCN(c2ncc(C(=O)Nc3ccc(OC(F)(F)Cl)cc3)cc2-c2cccnn2)C1. The molecule has 11 heteroatoms. The molecule has 3 heterocycles. The minimum atomic E-state index is -3.81. The molecule has 3 aromatic rings. The van der Waals surface area contributed by atoms with Gasteiger partial charge >= 0.3 is 5.57 Å². The fourth-order valence-corrected chi connectivity index (χ4v) is 3.86. The Morgan fingerprint density at radius 3 is 2.65 bits per heavy atom. The normalized spacial score (nSPS) is 16.1. The molecule has 0 aliphatic carbocycles. The molecule has 0 bridgehead atoms. The van der Waals surface area contributed by atoms with E-state index in [0.29, 0.717) is 28.6 Å². The van der Waals surface area contributed by atoms with Crippen LogP contribution in [0, 0.1) is 0 Å². The smallest absolute Gasteiger partial charge is 0.420 e. The zero-order valence-electron chi connectivity index (χ0n) is 18.6. The van der Waals surface area contributed by atoms with Gasteiger partial charge in [-0.25, -0.2) is 4.98 Å². The van der Waals surface area contributed by atoms with Crippen LogP contribution in [-0.4, -0.2) is 64.8 Å². The third-order valence-electron chi connectivity index (χ3n) is 5.52. The van der Waals surface area contributed by atoms with Crippen LogP contribution < -0.4 is 15.0 Å². The Balaban J connectivity index is 1.57. The quantitative estimate of drug-likeness (QED) is 0.501. The Hall–Kier alpha value is -3.37. The van der Waals surface area contributed by atoms with Crippen molar-refractivity contribution in [2.45, 2.75) is 18.0 Å². The van der Waals surface area contributed by atoms with Crippen molar-refractivity contribution in [3.05, 3.63) is 60.4 Å². The summed E-state index contributed by atoms with van der Waals surface area (Å²) in [5, 5.41) is 10.9. The van der Waals surface area contributed by atoms with Gasteiger partial charge in [-0.2, -0.15) is 10.2 Å². The predicted octanol–water partition coefficient (Wildman–Crippen LogP) is 4.10. The summed E-state index contributed by atoms with van der Waals surface area (Å²) < 4.78 is 29.8. The summed E-state index contributed by atoms with van der Waals surface area (Å²) in [4.78, 5) is 21.9. The Morgan fingerprint density at radius 1 is 1.26 bits per heavy atom. The van der Waals surface area contributed by atoms with Crippen molar-refractivity contribution >= 4 is 29.0 Å². The number of nitrogens with zero attached hydrogens (tertiary/aromatic N) is 5. The lowest BCUT2D eigenvalue weighted by Gasteiger charge is -2.23. The van der Waals surface area contributed by atoms with Crippen LogP contribution in [0.15, 0.2) is 54.9 Å². The summed E-state index contributed by atoms with van der Waals surface area (Å²) in [6, 6.07) is 11.2. The third kappa shape index (κ3) is 5.75. The highest BCUT2D eigenvalue weighted by Gasteiger charge is 2.28. The number of carbonyl (C=O) groups is 1. The van der Waals surface area contributed by atoms with Crippen molar-refractivity contribution in [2.75, 3.05) is 37.4 Å². The lowest BCUT2D eigenvalue weighted by atomic mass is 10.1. The molecular weight excluding hydrogens is 466 g/mol. The van der Waals surface area contributed by atoms with E-state index in [0.717, 1.165) is 25.3 Å². The van der Waals surface area contributed by atoms with Crippen molar-refractivity contribution in [1.29, 1.82) is 0 Å². The second kappa shape index (κ2) is 9.86. The van der Waals surface area contributed by atoms with Crippen molar-refractivity contribution < 1.29 is 18.3 Å².